The maximum Gasteiger partial charge on any atom is 0.270 e. The Hall–Kier alpha value is -4.38. The molecule has 0 spiro atoms. The molecular weight excluding hydrogens is 472 g/mol. The summed E-state index contributed by atoms with van der Waals surface area (Å²) in [6.45, 7) is 1.60. The predicted octanol–water partition coefficient (Wildman–Crippen LogP) is 4.31. The van der Waals surface area contributed by atoms with Crippen molar-refractivity contribution in [1.82, 2.24) is 4.57 Å². The van der Waals surface area contributed by atoms with Crippen LogP contribution in [0.5, 0.6) is 5.75 Å². The van der Waals surface area contributed by atoms with Crippen LogP contribution in [0.2, 0.25) is 0 Å². The number of ether oxygens (including phenoxy) is 1. The normalized spacial score (nSPS) is 11.3. The minimum atomic E-state index is -3.97. The zero-order chi connectivity index (χ0) is 25.2. The van der Waals surface area contributed by atoms with E-state index in [0.29, 0.717) is 33.6 Å². The van der Waals surface area contributed by atoms with Crippen LogP contribution >= 0.6 is 0 Å². The molecule has 0 aliphatic carbocycles. The van der Waals surface area contributed by atoms with Gasteiger partial charge in [0.15, 0.2) is 0 Å². The van der Waals surface area contributed by atoms with Gasteiger partial charge in [-0.2, -0.15) is 0 Å². The highest BCUT2D eigenvalue weighted by atomic mass is 32.2. The molecule has 0 unspecified atom stereocenters. The molecule has 0 radical (unpaired) electrons. The first-order chi connectivity index (χ1) is 16.7. The minimum absolute atomic E-state index is 0.0138. The van der Waals surface area contributed by atoms with E-state index in [4.69, 9.17) is 4.74 Å². The van der Waals surface area contributed by atoms with E-state index in [9.17, 15) is 23.3 Å². The number of fused-ring (bicyclic) bond motifs is 1. The third-order valence-electron chi connectivity index (χ3n) is 5.39. The number of nitrogens with one attached hydrogen (secondary N) is 2. The van der Waals surface area contributed by atoms with Crippen molar-refractivity contribution in [2.24, 2.45) is 0 Å². The lowest BCUT2D eigenvalue weighted by Gasteiger charge is -2.14. The van der Waals surface area contributed by atoms with E-state index in [0.717, 1.165) is 0 Å². The van der Waals surface area contributed by atoms with Crippen molar-refractivity contribution < 1.29 is 22.9 Å². The van der Waals surface area contributed by atoms with E-state index < -0.39 is 14.9 Å². The monoisotopic (exact) mass is 494 g/mol. The number of methoxy groups -OCH3 is 1. The maximum absolute atomic E-state index is 13.1. The third-order valence-corrected chi connectivity index (χ3v) is 6.90. The van der Waals surface area contributed by atoms with Gasteiger partial charge in [0, 0.05) is 34.9 Å². The zero-order valence-electron chi connectivity index (χ0n) is 18.9. The Labute approximate surface area is 201 Å². The average Bonchev–Trinajstić information content (AvgIpc) is 3.22. The number of nitro groups is 1. The van der Waals surface area contributed by atoms with E-state index in [1.54, 1.807) is 66.2 Å². The van der Waals surface area contributed by atoms with Crippen molar-refractivity contribution in [2.45, 2.75) is 18.4 Å². The first-order valence-electron chi connectivity index (χ1n) is 10.5. The zero-order valence-corrected chi connectivity index (χ0v) is 19.7. The number of para-hydroxylation sites is 2. The number of nitrogens with zero attached hydrogens (tertiary/aromatic N) is 2. The fourth-order valence-electron chi connectivity index (χ4n) is 3.69. The van der Waals surface area contributed by atoms with Gasteiger partial charge in [0.2, 0.25) is 5.91 Å². The molecule has 2 N–H and O–H groups in total. The van der Waals surface area contributed by atoms with Crippen LogP contribution in [0.3, 0.4) is 0 Å². The Kier molecular flexibility index (Phi) is 6.43. The number of rotatable bonds is 8. The van der Waals surface area contributed by atoms with Gasteiger partial charge in [0.25, 0.3) is 15.7 Å². The quantitative estimate of drug-likeness (QED) is 0.277. The highest BCUT2D eigenvalue weighted by Crippen LogP contribution is 2.28. The number of carbonyl (C=O) groups excluding carboxylic acids is 1. The summed E-state index contributed by atoms with van der Waals surface area (Å²) in [4.78, 5) is 23.2. The largest absolute Gasteiger partial charge is 0.495 e. The third kappa shape index (κ3) is 5.09. The van der Waals surface area contributed by atoms with E-state index in [2.05, 4.69) is 10.0 Å². The van der Waals surface area contributed by atoms with Gasteiger partial charge in [0.05, 0.1) is 22.6 Å². The van der Waals surface area contributed by atoms with Crippen LogP contribution < -0.4 is 14.8 Å². The van der Waals surface area contributed by atoms with E-state index >= 15 is 0 Å². The summed E-state index contributed by atoms with van der Waals surface area (Å²) in [7, 11) is -2.52. The Morgan fingerprint density at radius 3 is 2.60 bits per heavy atom. The maximum atomic E-state index is 13.1. The lowest BCUT2D eigenvalue weighted by atomic mass is 10.2. The Morgan fingerprint density at radius 1 is 1.09 bits per heavy atom. The van der Waals surface area contributed by atoms with E-state index in [1.165, 1.54) is 25.3 Å². The molecule has 10 nitrogen and oxygen atoms in total. The second kappa shape index (κ2) is 9.47. The Bertz CT molecular complexity index is 1540. The van der Waals surface area contributed by atoms with Gasteiger partial charge in [-0.15, -0.1) is 0 Å². The Morgan fingerprint density at radius 2 is 1.86 bits per heavy atom. The number of carbonyl (C=O) groups is 1. The summed E-state index contributed by atoms with van der Waals surface area (Å²) in [5.74, 6) is -0.00629. The molecular formula is C24H22N4O6S. The minimum Gasteiger partial charge on any atom is -0.495 e. The van der Waals surface area contributed by atoms with Crippen LogP contribution in [0, 0.1) is 17.0 Å². The van der Waals surface area contributed by atoms with Crippen molar-refractivity contribution in [3.63, 3.8) is 0 Å². The molecule has 0 bridgehead atoms. The van der Waals surface area contributed by atoms with Crippen molar-refractivity contribution >= 4 is 43.9 Å². The number of sulfonamides is 1. The van der Waals surface area contributed by atoms with Crippen molar-refractivity contribution in [1.29, 1.82) is 0 Å². The number of aromatic nitrogens is 1. The number of hydrogen-bond donors (Lipinski definition) is 2. The number of anilines is 2. The number of aryl methyl sites for hydroxylation is 1. The topological polar surface area (TPSA) is 133 Å². The van der Waals surface area contributed by atoms with Gasteiger partial charge in [-0.3, -0.25) is 19.6 Å². The number of non-ortho nitro benzene ring substituents is 1. The molecule has 0 saturated carbocycles. The molecule has 0 fully saturated rings. The van der Waals surface area contributed by atoms with Crippen molar-refractivity contribution in [3.05, 3.63) is 88.6 Å². The van der Waals surface area contributed by atoms with Gasteiger partial charge in [-0.1, -0.05) is 18.2 Å². The van der Waals surface area contributed by atoms with Gasteiger partial charge in [-0.25, -0.2) is 8.42 Å². The molecule has 35 heavy (non-hydrogen) atoms. The van der Waals surface area contributed by atoms with E-state index in [-0.39, 0.29) is 23.0 Å². The lowest BCUT2D eigenvalue weighted by Crippen LogP contribution is -2.19. The van der Waals surface area contributed by atoms with Crippen LogP contribution in [0.15, 0.2) is 77.8 Å². The molecule has 0 atom stereocenters. The second-order valence-electron chi connectivity index (χ2n) is 7.78. The first kappa shape index (κ1) is 23.8. The molecule has 0 aliphatic rings. The van der Waals surface area contributed by atoms with Crippen LogP contribution in [-0.2, 0) is 21.4 Å². The molecule has 1 aromatic heterocycles. The lowest BCUT2D eigenvalue weighted by molar-refractivity contribution is -0.384. The summed E-state index contributed by atoms with van der Waals surface area (Å²) >= 11 is 0. The number of benzene rings is 3. The fraction of sp³-hybridized carbons (Fsp3) is 0.125. The van der Waals surface area contributed by atoms with Crippen LogP contribution in [-0.4, -0.2) is 30.9 Å². The summed E-state index contributed by atoms with van der Waals surface area (Å²) < 4.78 is 35.5. The molecule has 4 aromatic rings. The number of hydrogen-bond acceptors (Lipinski definition) is 6. The second-order valence-corrected chi connectivity index (χ2v) is 9.43. The van der Waals surface area contributed by atoms with Crippen LogP contribution in [0.4, 0.5) is 17.1 Å². The summed E-state index contributed by atoms with van der Waals surface area (Å²) in [5, 5.41) is 14.3. The van der Waals surface area contributed by atoms with Gasteiger partial charge in [-0.05, 0) is 48.9 Å². The molecule has 11 heteroatoms. The number of nitro benzene ring substituents is 1. The predicted molar refractivity (Wildman–Crippen MR) is 132 cm³/mol. The highest BCUT2D eigenvalue weighted by molar-refractivity contribution is 7.92. The van der Waals surface area contributed by atoms with E-state index in [1.807, 2.05) is 0 Å². The highest BCUT2D eigenvalue weighted by Gasteiger charge is 2.20. The molecule has 3 aromatic carbocycles. The smallest absolute Gasteiger partial charge is 0.270 e. The van der Waals surface area contributed by atoms with Crippen LogP contribution in [0.25, 0.3) is 10.9 Å². The number of amides is 1. The Balaban J connectivity index is 1.53. The summed E-state index contributed by atoms with van der Waals surface area (Å²) in [5.41, 5.74) is 1.74. The molecule has 0 saturated heterocycles. The standard InChI is InChI=1S/C24H22N4O6S/c1-16-7-8-18(14-23(16)35(32,33)26-20-5-3-4-6-22(20)34-2)25-24(29)15-27-12-11-17-13-19(28(30)31)9-10-21(17)27/h3-14,26H,15H2,1-2H3,(H,25,29). The molecule has 1 heterocycles. The van der Waals surface area contributed by atoms with Gasteiger partial charge in [0.1, 0.15) is 12.3 Å². The summed E-state index contributed by atoms with van der Waals surface area (Å²) in [6.07, 6.45) is 1.66. The summed E-state index contributed by atoms with van der Waals surface area (Å²) in [6, 6.07) is 17.4. The fourth-order valence-corrected chi connectivity index (χ4v) is 5.03. The SMILES string of the molecule is COc1ccccc1NS(=O)(=O)c1cc(NC(=O)Cn2ccc3cc([N+](=O)[O-])ccc32)ccc1C. The molecule has 4 rings (SSSR count). The van der Waals surface area contributed by atoms with Crippen LogP contribution in [0.1, 0.15) is 5.56 Å². The van der Waals surface area contributed by atoms with Crippen molar-refractivity contribution in [3.8, 4) is 5.75 Å². The molecule has 0 aliphatic heterocycles. The first-order valence-corrected chi connectivity index (χ1v) is 12.0. The average molecular weight is 495 g/mol. The van der Waals surface area contributed by atoms with Gasteiger partial charge < -0.3 is 14.6 Å². The van der Waals surface area contributed by atoms with Gasteiger partial charge >= 0.3 is 0 Å². The molecule has 1 amide bonds. The molecule has 180 valence electrons. The van der Waals surface area contributed by atoms with Crippen molar-refractivity contribution in [2.75, 3.05) is 17.1 Å².